The van der Waals surface area contributed by atoms with E-state index in [9.17, 15) is 0 Å². The Labute approximate surface area is 63.6 Å². The Morgan fingerprint density at radius 3 is 2.70 bits per heavy atom. The molecule has 0 aliphatic heterocycles. The first-order chi connectivity index (χ1) is 4.60. The summed E-state index contributed by atoms with van der Waals surface area (Å²) in [6.07, 6.45) is 10.4. The summed E-state index contributed by atoms with van der Waals surface area (Å²) < 4.78 is 0. The van der Waals surface area contributed by atoms with Gasteiger partial charge in [-0.3, -0.25) is 0 Å². The van der Waals surface area contributed by atoms with Gasteiger partial charge in [-0.05, 0) is 12.3 Å². The van der Waals surface area contributed by atoms with Gasteiger partial charge in [0.05, 0.1) is 0 Å². The van der Waals surface area contributed by atoms with E-state index in [-0.39, 0.29) is 5.41 Å². The van der Waals surface area contributed by atoms with E-state index in [1.54, 1.807) is 0 Å². The summed E-state index contributed by atoms with van der Waals surface area (Å²) in [6, 6.07) is 0. The van der Waals surface area contributed by atoms with Crippen LogP contribution in [0.2, 0.25) is 0 Å². The maximum Gasteiger partial charge on any atom is 0.000450 e. The van der Waals surface area contributed by atoms with E-state index in [0.717, 1.165) is 5.92 Å². The Hall–Kier alpha value is -0.520. The van der Waals surface area contributed by atoms with Crippen LogP contribution in [0.5, 0.6) is 0 Å². The van der Waals surface area contributed by atoms with Crippen molar-refractivity contribution in [1.29, 1.82) is 0 Å². The van der Waals surface area contributed by atoms with Crippen LogP contribution in [-0.4, -0.2) is 0 Å². The monoisotopic (exact) mass is 136 g/mol. The Kier molecular flexibility index (Phi) is 1.98. The van der Waals surface area contributed by atoms with E-state index in [1.165, 1.54) is 6.42 Å². The second-order valence-electron chi connectivity index (χ2n) is 3.80. The molecule has 1 unspecified atom stereocenters. The van der Waals surface area contributed by atoms with Gasteiger partial charge in [-0.1, -0.05) is 45.1 Å². The van der Waals surface area contributed by atoms with Crippen LogP contribution in [0, 0.1) is 11.3 Å². The summed E-state index contributed by atoms with van der Waals surface area (Å²) >= 11 is 0. The third kappa shape index (κ3) is 2.02. The quantitative estimate of drug-likeness (QED) is 0.449. The third-order valence-corrected chi connectivity index (χ3v) is 1.91. The van der Waals surface area contributed by atoms with Gasteiger partial charge in [0.2, 0.25) is 0 Å². The lowest BCUT2D eigenvalue weighted by atomic mass is 9.93. The lowest BCUT2D eigenvalue weighted by Gasteiger charge is -2.12. The number of allylic oxidation sites excluding steroid dienone is 4. The zero-order valence-electron chi connectivity index (χ0n) is 7.09. The van der Waals surface area contributed by atoms with Crippen molar-refractivity contribution >= 4 is 0 Å². The molecule has 0 aromatic carbocycles. The summed E-state index contributed by atoms with van der Waals surface area (Å²) in [5, 5.41) is 0. The fourth-order valence-electron chi connectivity index (χ4n) is 1.13. The van der Waals surface area contributed by atoms with Gasteiger partial charge >= 0.3 is 0 Å². The number of hydrogen-bond donors (Lipinski definition) is 0. The largest absolute Gasteiger partial charge is 0.0871 e. The van der Waals surface area contributed by atoms with E-state index in [0.29, 0.717) is 0 Å². The summed E-state index contributed by atoms with van der Waals surface area (Å²) in [5.74, 6) is 0.720. The van der Waals surface area contributed by atoms with E-state index in [2.05, 4.69) is 45.1 Å². The van der Waals surface area contributed by atoms with Crippen molar-refractivity contribution in [1.82, 2.24) is 0 Å². The van der Waals surface area contributed by atoms with Crippen LogP contribution in [0.1, 0.15) is 27.2 Å². The van der Waals surface area contributed by atoms with Crippen molar-refractivity contribution in [2.24, 2.45) is 11.3 Å². The molecule has 10 heavy (non-hydrogen) atoms. The molecular formula is C10H16. The summed E-state index contributed by atoms with van der Waals surface area (Å²) in [5.41, 5.74) is 0.282. The third-order valence-electron chi connectivity index (χ3n) is 1.91. The maximum atomic E-state index is 2.31. The van der Waals surface area contributed by atoms with Crippen molar-refractivity contribution < 1.29 is 0 Å². The number of rotatable bonds is 0. The smallest absolute Gasteiger partial charge is 0.000450 e. The van der Waals surface area contributed by atoms with Crippen LogP contribution >= 0.6 is 0 Å². The number of hydrogen-bond acceptors (Lipinski definition) is 0. The minimum absolute atomic E-state index is 0.282. The first-order valence-corrected chi connectivity index (χ1v) is 3.97. The molecule has 0 heteroatoms. The Morgan fingerprint density at radius 2 is 2.00 bits per heavy atom. The van der Waals surface area contributed by atoms with Crippen molar-refractivity contribution in [3.8, 4) is 0 Å². The second-order valence-corrected chi connectivity index (χ2v) is 3.80. The molecule has 0 aromatic rings. The standard InChI is InChI=1S/C10H16/c1-9-5-4-7-10(2,3)8-6-9/h4,6-9H,5H2,1-3H3. The first-order valence-electron chi connectivity index (χ1n) is 3.97. The molecular weight excluding hydrogens is 120 g/mol. The molecule has 1 rings (SSSR count). The van der Waals surface area contributed by atoms with E-state index < -0.39 is 0 Å². The minimum atomic E-state index is 0.282. The van der Waals surface area contributed by atoms with Crippen molar-refractivity contribution in [3.63, 3.8) is 0 Å². The van der Waals surface area contributed by atoms with Crippen molar-refractivity contribution in [3.05, 3.63) is 24.3 Å². The molecule has 1 aliphatic carbocycles. The van der Waals surface area contributed by atoms with Crippen LogP contribution in [0.15, 0.2) is 24.3 Å². The first kappa shape index (κ1) is 7.59. The fraction of sp³-hybridized carbons (Fsp3) is 0.600. The highest BCUT2D eigenvalue weighted by molar-refractivity contribution is 5.12. The molecule has 0 aromatic heterocycles. The molecule has 56 valence electrons. The van der Waals surface area contributed by atoms with Gasteiger partial charge in [0.15, 0.2) is 0 Å². The van der Waals surface area contributed by atoms with Crippen LogP contribution in [0.4, 0.5) is 0 Å². The molecule has 0 spiro atoms. The zero-order chi connectivity index (χ0) is 7.61. The van der Waals surface area contributed by atoms with Crippen molar-refractivity contribution in [2.45, 2.75) is 27.2 Å². The van der Waals surface area contributed by atoms with Gasteiger partial charge in [0.25, 0.3) is 0 Å². The Morgan fingerprint density at radius 1 is 1.30 bits per heavy atom. The lowest BCUT2D eigenvalue weighted by molar-refractivity contribution is 0.625. The lowest BCUT2D eigenvalue weighted by Crippen LogP contribution is -2.00. The van der Waals surface area contributed by atoms with Gasteiger partial charge in [0, 0.05) is 5.41 Å². The summed E-state index contributed by atoms with van der Waals surface area (Å²) in [4.78, 5) is 0. The van der Waals surface area contributed by atoms with Crippen LogP contribution in [-0.2, 0) is 0 Å². The van der Waals surface area contributed by atoms with E-state index >= 15 is 0 Å². The topological polar surface area (TPSA) is 0 Å². The van der Waals surface area contributed by atoms with Crippen molar-refractivity contribution in [2.75, 3.05) is 0 Å². The summed E-state index contributed by atoms with van der Waals surface area (Å²) in [7, 11) is 0. The molecule has 0 heterocycles. The average Bonchev–Trinajstić information content (AvgIpc) is 1.94. The predicted octanol–water partition coefficient (Wildman–Crippen LogP) is 3.16. The molecule has 0 saturated heterocycles. The van der Waals surface area contributed by atoms with Crippen LogP contribution < -0.4 is 0 Å². The molecule has 1 atom stereocenters. The Bertz CT molecular complexity index is 161. The molecule has 0 fully saturated rings. The highest BCUT2D eigenvalue weighted by Gasteiger charge is 2.11. The maximum absolute atomic E-state index is 2.31. The molecule has 1 aliphatic rings. The average molecular weight is 136 g/mol. The van der Waals surface area contributed by atoms with E-state index in [4.69, 9.17) is 0 Å². The predicted molar refractivity (Wildman–Crippen MR) is 45.8 cm³/mol. The zero-order valence-corrected chi connectivity index (χ0v) is 7.09. The van der Waals surface area contributed by atoms with Gasteiger partial charge in [-0.2, -0.15) is 0 Å². The highest BCUT2D eigenvalue weighted by atomic mass is 14.2. The molecule has 0 amide bonds. The fourth-order valence-corrected chi connectivity index (χ4v) is 1.13. The van der Waals surface area contributed by atoms with Gasteiger partial charge in [0.1, 0.15) is 0 Å². The normalized spacial score (nSPS) is 30.1. The van der Waals surface area contributed by atoms with Gasteiger partial charge in [-0.25, -0.2) is 0 Å². The van der Waals surface area contributed by atoms with Gasteiger partial charge in [-0.15, -0.1) is 0 Å². The van der Waals surface area contributed by atoms with Gasteiger partial charge < -0.3 is 0 Å². The van der Waals surface area contributed by atoms with E-state index in [1.807, 2.05) is 0 Å². The molecule has 0 bridgehead atoms. The minimum Gasteiger partial charge on any atom is -0.0871 e. The van der Waals surface area contributed by atoms with Crippen LogP contribution in [0.3, 0.4) is 0 Å². The molecule has 0 N–H and O–H groups in total. The molecule has 0 radical (unpaired) electrons. The molecule has 0 nitrogen and oxygen atoms in total. The van der Waals surface area contributed by atoms with Crippen LogP contribution in [0.25, 0.3) is 0 Å². The second kappa shape index (κ2) is 2.61. The summed E-state index contributed by atoms with van der Waals surface area (Å²) in [6.45, 7) is 6.72. The molecule has 0 saturated carbocycles. The SMILES string of the molecule is CC1C=CC(C)(C)C=CC1. The Balaban J connectivity index is 2.74. The highest BCUT2D eigenvalue weighted by Crippen LogP contribution is 2.24.